The lowest BCUT2D eigenvalue weighted by Gasteiger charge is -1.99. The molecule has 1 aromatic carbocycles. The van der Waals surface area contributed by atoms with Crippen molar-refractivity contribution in [3.8, 4) is 0 Å². The third-order valence-electron chi connectivity index (χ3n) is 1.78. The summed E-state index contributed by atoms with van der Waals surface area (Å²) < 4.78 is 22.5. The van der Waals surface area contributed by atoms with Crippen LogP contribution in [0.15, 0.2) is 17.0 Å². The maximum absolute atomic E-state index is 11.3. The van der Waals surface area contributed by atoms with Crippen LogP contribution in [0.5, 0.6) is 0 Å². The van der Waals surface area contributed by atoms with Crippen molar-refractivity contribution >= 4 is 54.0 Å². The summed E-state index contributed by atoms with van der Waals surface area (Å²) in [6.45, 7) is 0. The Bertz CT molecular complexity index is 635. The number of hydrogen-bond donors (Lipinski definition) is 1. The fourth-order valence-corrected chi connectivity index (χ4v) is 3.15. The van der Waals surface area contributed by atoms with Gasteiger partial charge in [-0.25, -0.2) is 13.4 Å². The topological polar surface area (TPSA) is 62.8 Å². The van der Waals surface area contributed by atoms with Gasteiger partial charge in [0.2, 0.25) is 5.28 Å². The van der Waals surface area contributed by atoms with Gasteiger partial charge in [0.1, 0.15) is 10.4 Å². The normalized spacial score (nSPS) is 12.2. The Balaban J connectivity index is 2.98. The molecule has 0 amide bonds. The van der Waals surface area contributed by atoms with Crippen molar-refractivity contribution in [1.29, 1.82) is 0 Å². The van der Waals surface area contributed by atoms with E-state index in [1.54, 1.807) is 6.07 Å². The van der Waals surface area contributed by atoms with Gasteiger partial charge in [-0.05, 0) is 23.7 Å². The minimum Gasteiger partial charge on any atom is -0.329 e. The maximum Gasteiger partial charge on any atom is 0.265 e. The molecule has 0 spiro atoms. The second kappa shape index (κ2) is 3.52. The molecule has 0 aliphatic rings. The monoisotopic (exact) mass is 284 g/mol. The molecule has 2 rings (SSSR count). The Morgan fingerprint density at radius 1 is 1.27 bits per heavy atom. The predicted octanol–water partition coefficient (Wildman–Crippen LogP) is 2.80. The first-order valence-electron chi connectivity index (χ1n) is 3.68. The van der Waals surface area contributed by atoms with Gasteiger partial charge in [-0.3, -0.25) is 0 Å². The zero-order valence-corrected chi connectivity index (χ0v) is 10.0. The van der Waals surface area contributed by atoms with Crippen LogP contribution in [0, 0.1) is 0 Å². The van der Waals surface area contributed by atoms with Crippen LogP contribution in [-0.2, 0) is 9.05 Å². The molecule has 2 aromatic rings. The molecular formula is C7H3Cl3N2O2S. The van der Waals surface area contributed by atoms with Gasteiger partial charge in [0.05, 0.1) is 10.5 Å². The fraction of sp³-hybridized carbons (Fsp3) is 0. The highest BCUT2D eigenvalue weighted by molar-refractivity contribution is 8.14. The minimum absolute atomic E-state index is 0.0145. The van der Waals surface area contributed by atoms with Crippen molar-refractivity contribution in [2.75, 3.05) is 0 Å². The first-order chi connectivity index (χ1) is 6.89. The number of aromatic nitrogens is 2. The van der Waals surface area contributed by atoms with Gasteiger partial charge in [0, 0.05) is 10.7 Å². The van der Waals surface area contributed by atoms with E-state index in [-0.39, 0.29) is 20.7 Å². The number of rotatable bonds is 1. The van der Waals surface area contributed by atoms with Gasteiger partial charge in [0.15, 0.2) is 0 Å². The Kier molecular flexibility index (Phi) is 2.58. The summed E-state index contributed by atoms with van der Waals surface area (Å²) in [6.07, 6.45) is 0. The number of aromatic amines is 1. The highest BCUT2D eigenvalue weighted by Crippen LogP contribution is 2.31. The number of nitrogens with one attached hydrogen (secondary N) is 1. The van der Waals surface area contributed by atoms with Gasteiger partial charge in [-0.1, -0.05) is 11.6 Å². The molecule has 1 N–H and O–H groups in total. The van der Waals surface area contributed by atoms with E-state index in [2.05, 4.69) is 9.97 Å². The van der Waals surface area contributed by atoms with Crippen LogP contribution in [-0.4, -0.2) is 18.4 Å². The molecule has 0 fully saturated rings. The average Bonchev–Trinajstić information content (AvgIpc) is 2.41. The largest absolute Gasteiger partial charge is 0.329 e. The summed E-state index contributed by atoms with van der Waals surface area (Å²) in [4.78, 5) is 6.24. The molecule has 0 saturated heterocycles. The van der Waals surface area contributed by atoms with Crippen LogP contribution < -0.4 is 0 Å². The van der Waals surface area contributed by atoms with E-state index in [9.17, 15) is 8.42 Å². The summed E-state index contributed by atoms with van der Waals surface area (Å²) in [5, 5.41) is 0.0921. The standard InChI is InChI=1S/C7H3Cl3N2O2S/c8-3-1-2-4-5(12-7(9)11-4)6(3)15(10,13)14/h1-2H,(H,11,12). The SMILES string of the molecule is O=S(=O)(Cl)c1c(Cl)ccc2[nH]c(Cl)nc12. The van der Waals surface area contributed by atoms with E-state index in [1.165, 1.54) is 6.07 Å². The lowest BCUT2D eigenvalue weighted by molar-refractivity contribution is 0.610. The van der Waals surface area contributed by atoms with E-state index >= 15 is 0 Å². The van der Waals surface area contributed by atoms with Crippen molar-refractivity contribution in [1.82, 2.24) is 9.97 Å². The van der Waals surface area contributed by atoms with Gasteiger partial charge < -0.3 is 4.98 Å². The Labute approximate surface area is 99.6 Å². The van der Waals surface area contributed by atoms with E-state index in [1.807, 2.05) is 0 Å². The number of hydrogen-bond acceptors (Lipinski definition) is 3. The molecule has 0 bridgehead atoms. The summed E-state index contributed by atoms with van der Waals surface area (Å²) in [5.41, 5.74) is 0.603. The molecule has 0 aliphatic carbocycles. The first-order valence-corrected chi connectivity index (χ1v) is 6.74. The molecule has 0 unspecified atom stereocenters. The van der Waals surface area contributed by atoms with Crippen molar-refractivity contribution in [3.63, 3.8) is 0 Å². The Morgan fingerprint density at radius 2 is 1.93 bits per heavy atom. The smallest absolute Gasteiger partial charge is 0.265 e. The minimum atomic E-state index is -3.95. The molecular weight excluding hydrogens is 283 g/mol. The van der Waals surface area contributed by atoms with Crippen LogP contribution in [0.4, 0.5) is 0 Å². The Hall–Kier alpha value is -0.490. The molecule has 1 heterocycles. The number of nitrogens with zero attached hydrogens (tertiary/aromatic N) is 1. The molecule has 1 aromatic heterocycles. The van der Waals surface area contributed by atoms with Gasteiger partial charge in [-0.15, -0.1) is 0 Å². The van der Waals surface area contributed by atoms with Crippen LogP contribution in [0.25, 0.3) is 11.0 Å². The van der Waals surface area contributed by atoms with E-state index in [0.717, 1.165) is 0 Å². The number of imidazole rings is 1. The average molecular weight is 286 g/mol. The molecule has 15 heavy (non-hydrogen) atoms. The van der Waals surface area contributed by atoms with Crippen LogP contribution >= 0.6 is 33.9 Å². The number of H-pyrrole nitrogens is 1. The van der Waals surface area contributed by atoms with Crippen LogP contribution in [0.3, 0.4) is 0 Å². The molecule has 4 nitrogen and oxygen atoms in total. The first kappa shape index (κ1) is 11.0. The van der Waals surface area contributed by atoms with E-state index in [0.29, 0.717) is 5.52 Å². The molecule has 0 radical (unpaired) electrons. The molecule has 8 heteroatoms. The lowest BCUT2D eigenvalue weighted by atomic mass is 10.3. The summed E-state index contributed by atoms with van der Waals surface area (Å²) in [5.74, 6) is 0. The summed E-state index contributed by atoms with van der Waals surface area (Å²) in [7, 11) is 1.30. The van der Waals surface area contributed by atoms with E-state index < -0.39 is 9.05 Å². The second-order valence-corrected chi connectivity index (χ2v) is 6.01. The quantitative estimate of drug-likeness (QED) is 0.820. The maximum atomic E-state index is 11.3. The summed E-state index contributed by atoms with van der Waals surface area (Å²) in [6, 6.07) is 2.98. The third kappa shape index (κ3) is 1.92. The molecule has 0 atom stereocenters. The third-order valence-corrected chi connectivity index (χ3v) is 3.74. The van der Waals surface area contributed by atoms with Crippen molar-refractivity contribution in [2.45, 2.75) is 4.90 Å². The van der Waals surface area contributed by atoms with Crippen LogP contribution in [0.2, 0.25) is 10.3 Å². The zero-order valence-electron chi connectivity index (χ0n) is 6.96. The van der Waals surface area contributed by atoms with Gasteiger partial charge in [0.25, 0.3) is 9.05 Å². The molecule has 0 saturated carbocycles. The highest BCUT2D eigenvalue weighted by atomic mass is 35.7. The van der Waals surface area contributed by atoms with Gasteiger partial charge >= 0.3 is 0 Å². The van der Waals surface area contributed by atoms with Crippen molar-refractivity contribution < 1.29 is 8.42 Å². The number of halogens is 3. The summed E-state index contributed by atoms with van der Waals surface area (Å²) >= 11 is 11.3. The molecule has 80 valence electrons. The van der Waals surface area contributed by atoms with Gasteiger partial charge in [-0.2, -0.15) is 0 Å². The van der Waals surface area contributed by atoms with Crippen LogP contribution in [0.1, 0.15) is 0 Å². The van der Waals surface area contributed by atoms with Crippen molar-refractivity contribution in [3.05, 3.63) is 22.4 Å². The highest BCUT2D eigenvalue weighted by Gasteiger charge is 2.21. The number of benzene rings is 1. The Morgan fingerprint density at radius 3 is 2.53 bits per heavy atom. The zero-order chi connectivity index (χ0) is 11.2. The molecule has 0 aliphatic heterocycles. The lowest BCUT2D eigenvalue weighted by Crippen LogP contribution is -1.93. The van der Waals surface area contributed by atoms with E-state index in [4.69, 9.17) is 33.9 Å². The van der Waals surface area contributed by atoms with Crippen molar-refractivity contribution in [2.24, 2.45) is 0 Å². The second-order valence-electron chi connectivity index (χ2n) is 2.74. The fourth-order valence-electron chi connectivity index (χ4n) is 1.23. The number of fused-ring (bicyclic) bond motifs is 1. The predicted molar refractivity (Wildman–Crippen MR) is 59.2 cm³/mol.